The summed E-state index contributed by atoms with van der Waals surface area (Å²) in [7, 11) is 1.33. The van der Waals surface area contributed by atoms with E-state index < -0.39 is 5.97 Å². The minimum Gasteiger partial charge on any atom is -0.465 e. The van der Waals surface area contributed by atoms with Gasteiger partial charge in [-0.05, 0) is 28.7 Å². The van der Waals surface area contributed by atoms with Gasteiger partial charge in [0.15, 0.2) is 0 Å². The molecule has 1 N–H and O–H groups in total. The zero-order valence-corrected chi connectivity index (χ0v) is 17.5. The van der Waals surface area contributed by atoms with E-state index in [1.54, 1.807) is 6.08 Å². The number of methoxy groups -OCH3 is 1. The second-order valence-electron chi connectivity index (χ2n) is 6.86. The van der Waals surface area contributed by atoms with Gasteiger partial charge in [0.25, 0.3) is 0 Å². The predicted molar refractivity (Wildman–Crippen MR) is 119 cm³/mol. The van der Waals surface area contributed by atoms with Gasteiger partial charge in [-0.15, -0.1) is 11.3 Å². The lowest BCUT2D eigenvalue weighted by Crippen LogP contribution is -2.11. The summed E-state index contributed by atoms with van der Waals surface area (Å²) in [6.07, 6.45) is 3.22. The molecule has 0 radical (unpaired) electrons. The van der Waals surface area contributed by atoms with Crippen LogP contribution in [0.4, 0.5) is 5.00 Å². The molecular weight excluding hydrogens is 382 g/mol. The molecule has 0 spiro atoms. The van der Waals surface area contributed by atoms with Gasteiger partial charge >= 0.3 is 5.97 Å². The quantitative estimate of drug-likeness (QED) is 0.406. The maximum Gasteiger partial charge on any atom is 0.341 e. The van der Waals surface area contributed by atoms with Crippen LogP contribution in [0.25, 0.3) is 17.2 Å². The number of carbonyl (C=O) groups is 2. The Kier molecular flexibility index (Phi) is 6.62. The number of hydrogen-bond acceptors (Lipinski definition) is 4. The number of hydrogen-bond donors (Lipinski definition) is 1. The highest BCUT2D eigenvalue weighted by molar-refractivity contribution is 7.15. The van der Waals surface area contributed by atoms with Crippen LogP contribution in [0, 0.1) is 0 Å². The van der Waals surface area contributed by atoms with Crippen LogP contribution < -0.4 is 5.32 Å². The van der Waals surface area contributed by atoms with Crippen LogP contribution >= 0.6 is 11.3 Å². The molecule has 0 atom stereocenters. The smallest absolute Gasteiger partial charge is 0.341 e. The van der Waals surface area contributed by atoms with Crippen LogP contribution in [0.2, 0.25) is 0 Å². The predicted octanol–water partition coefficient (Wildman–Crippen LogP) is 5.98. The summed E-state index contributed by atoms with van der Waals surface area (Å²) in [5.41, 5.74) is 4.19. The molecule has 3 aromatic rings. The molecule has 1 heterocycles. The van der Waals surface area contributed by atoms with Crippen molar-refractivity contribution in [2.24, 2.45) is 0 Å². The molecule has 0 unspecified atom stereocenters. The number of esters is 1. The minimum atomic E-state index is -0.478. The van der Waals surface area contributed by atoms with Crippen molar-refractivity contribution >= 4 is 34.3 Å². The fourth-order valence-electron chi connectivity index (χ4n) is 2.90. The molecule has 0 saturated carbocycles. The summed E-state index contributed by atoms with van der Waals surface area (Å²) < 4.78 is 4.94. The van der Waals surface area contributed by atoms with E-state index in [-0.39, 0.29) is 5.91 Å². The van der Waals surface area contributed by atoms with E-state index >= 15 is 0 Å². The Morgan fingerprint density at radius 3 is 2.34 bits per heavy atom. The van der Waals surface area contributed by atoms with Crippen molar-refractivity contribution in [3.05, 3.63) is 82.7 Å². The Balaban J connectivity index is 1.79. The maximum absolute atomic E-state index is 12.4. The van der Waals surface area contributed by atoms with Crippen molar-refractivity contribution in [1.82, 2.24) is 0 Å². The van der Waals surface area contributed by atoms with E-state index in [0.717, 1.165) is 16.7 Å². The Labute approximate surface area is 174 Å². The molecule has 0 aliphatic heterocycles. The molecule has 2 aromatic carbocycles. The van der Waals surface area contributed by atoms with Crippen LogP contribution in [0.3, 0.4) is 0 Å². The lowest BCUT2D eigenvalue weighted by Gasteiger charge is -2.07. The largest absolute Gasteiger partial charge is 0.465 e. The summed E-state index contributed by atoms with van der Waals surface area (Å²) in [6, 6.07) is 17.6. The van der Waals surface area contributed by atoms with Crippen molar-refractivity contribution in [2.45, 2.75) is 19.8 Å². The Morgan fingerprint density at radius 2 is 1.72 bits per heavy atom. The average molecular weight is 406 g/mol. The van der Waals surface area contributed by atoms with Gasteiger partial charge in [0.1, 0.15) is 10.6 Å². The van der Waals surface area contributed by atoms with Crippen LogP contribution in [0.1, 0.15) is 41.3 Å². The van der Waals surface area contributed by atoms with Gasteiger partial charge in [0.05, 0.1) is 7.11 Å². The third kappa shape index (κ3) is 5.00. The molecule has 0 fully saturated rings. The standard InChI is InChI=1S/C24H23NO3S/c1-16(2)18-12-9-17(10-13-18)11-14-21(26)25-23-22(24(27)28-3)20(15-29-23)19-7-5-4-6-8-19/h4-16H,1-3H3,(H,25,26). The molecule has 1 aromatic heterocycles. The third-order valence-electron chi connectivity index (χ3n) is 4.53. The zero-order chi connectivity index (χ0) is 20.8. The number of amides is 1. The second kappa shape index (κ2) is 9.34. The van der Waals surface area contributed by atoms with Crippen molar-refractivity contribution in [1.29, 1.82) is 0 Å². The maximum atomic E-state index is 12.4. The Hall–Kier alpha value is -3.18. The summed E-state index contributed by atoms with van der Waals surface area (Å²) >= 11 is 1.30. The lowest BCUT2D eigenvalue weighted by atomic mass is 10.0. The third-order valence-corrected chi connectivity index (χ3v) is 5.43. The molecule has 1 amide bonds. The number of carbonyl (C=O) groups excluding carboxylic acids is 2. The molecule has 5 heteroatoms. The summed E-state index contributed by atoms with van der Waals surface area (Å²) in [4.78, 5) is 24.8. The van der Waals surface area contributed by atoms with Crippen LogP contribution in [-0.4, -0.2) is 19.0 Å². The van der Waals surface area contributed by atoms with Crippen molar-refractivity contribution in [2.75, 3.05) is 12.4 Å². The minimum absolute atomic E-state index is 0.301. The van der Waals surface area contributed by atoms with Crippen molar-refractivity contribution < 1.29 is 14.3 Å². The van der Waals surface area contributed by atoms with E-state index in [9.17, 15) is 9.59 Å². The van der Waals surface area contributed by atoms with Crippen molar-refractivity contribution in [3.63, 3.8) is 0 Å². The summed E-state index contributed by atoms with van der Waals surface area (Å²) in [6.45, 7) is 4.28. The van der Waals surface area contributed by atoms with Gasteiger partial charge in [-0.2, -0.15) is 0 Å². The fraction of sp³-hybridized carbons (Fsp3) is 0.167. The highest BCUT2D eigenvalue weighted by Crippen LogP contribution is 2.36. The van der Waals surface area contributed by atoms with Gasteiger partial charge in [0, 0.05) is 17.0 Å². The zero-order valence-electron chi connectivity index (χ0n) is 16.6. The average Bonchev–Trinajstić information content (AvgIpc) is 3.16. The molecule has 148 valence electrons. The number of ether oxygens (including phenoxy) is 1. The second-order valence-corrected chi connectivity index (χ2v) is 7.73. The first-order chi connectivity index (χ1) is 14.0. The van der Waals surface area contributed by atoms with Gasteiger partial charge in [-0.3, -0.25) is 4.79 Å². The monoisotopic (exact) mass is 405 g/mol. The number of benzene rings is 2. The first-order valence-electron chi connectivity index (χ1n) is 9.34. The summed E-state index contributed by atoms with van der Waals surface area (Å²) in [5, 5.41) is 5.13. The number of nitrogens with one attached hydrogen (secondary N) is 1. The van der Waals surface area contributed by atoms with Gasteiger partial charge in [-0.25, -0.2) is 4.79 Å². The van der Waals surface area contributed by atoms with Crippen molar-refractivity contribution in [3.8, 4) is 11.1 Å². The van der Waals surface area contributed by atoms with E-state index in [1.807, 2.05) is 47.8 Å². The van der Waals surface area contributed by atoms with Crippen LogP contribution in [0.15, 0.2) is 66.1 Å². The Bertz CT molecular complexity index is 1020. The first kappa shape index (κ1) is 20.6. The molecular formula is C24H23NO3S. The van der Waals surface area contributed by atoms with Crippen LogP contribution in [-0.2, 0) is 9.53 Å². The Morgan fingerprint density at radius 1 is 1.03 bits per heavy atom. The van der Waals surface area contributed by atoms with E-state index in [0.29, 0.717) is 16.5 Å². The molecule has 0 aliphatic carbocycles. The number of rotatable bonds is 6. The molecule has 0 saturated heterocycles. The first-order valence-corrected chi connectivity index (χ1v) is 10.2. The highest BCUT2D eigenvalue weighted by atomic mass is 32.1. The molecule has 0 bridgehead atoms. The van der Waals surface area contributed by atoms with Gasteiger partial charge in [0.2, 0.25) is 5.91 Å². The topological polar surface area (TPSA) is 55.4 Å². The number of anilines is 1. The van der Waals surface area contributed by atoms with Gasteiger partial charge < -0.3 is 10.1 Å². The molecule has 3 rings (SSSR count). The normalized spacial score (nSPS) is 11.0. The summed E-state index contributed by atoms with van der Waals surface area (Å²) in [5.74, 6) is -0.316. The van der Waals surface area contributed by atoms with E-state index in [4.69, 9.17) is 4.74 Å². The highest BCUT2D eigenvalue weighted by Gasteiger charge is 2.21. The van der Waals surface area contributed by atoms with Crippen LogP contribution in [0.5, 0.6) is 0 Å². The van der Waals surface area contributed by atoms with E-state index in [1.165, 1.54) is 30.1 Å². The van der Waals surface area contributed by atoms with Gasteiger partial charge in [-0.1, -0.05) is 68.4 Å². The number of thiophene rings is 1. The van der Waals surface area contributed by atoms with E-state index in [2.05, 4.69) is 31.3 Å². The SMILES string of the molecule is COC(=O)c1c(-c2ccccc2)csc1NC(=O)C=Cc1ccc(C(C)C)cc1. The molecule has 29 heavy (non-hydrogen) atoms. The molecule has 4 nitrogen and oxygen atoms in total. The fourth-order valence-corrected chi connectivity index (χ4v) is 3.86. The lowest BCUT2D eigenvalue weighted by molar-refractivity contribution is -0.111. The molecule has 0 aliphatic rings.